The highest BCUT2D eigenvalue weighted by molar-refractivity contribution is 8.08. The largest absolute Gasteiger partial charge is 0.335 e. The fourth-order valence-corrected chi connectivity index (χ4v) is 4.64. The number of likely N-dealkylation sites (tertiary alicyclic amines) is 1. The lowest BCUT2D eigenvalue weighted by atomic mass is 9.94. The Kier molecular flexibility index (Phi) is 4.38. The van der Waals surface area contributed by atoms with Gasteiger partial charge in [-0.05, 0) is 37.0 Å². The van der Waals surface area contributed by atoms with E-state index in [-0.39, 0.29) is 17.9 Å². The molecule has 4 rings (SSSR count). The van der Waals surface area contributed by atoms with Gasteiger partial charge >= 0.3 is 0 Å². The van der Waals surface area contributed by atoms with Gasteiger partial charge in [0.05, 0.1) is 18.2 Å². The first-order valence-electron chi connectivity index (χ1n) is 8.37. The van der Waals surface area contributed by atoms with E-state index in [1.165, 1.54) is 12.0 Å². The van der Waals surface area contributed by atoms with Crippen molar-refractivity contribution < 1.29 is 4.79 Å². The Balaban J connectivity index is 1.54. The van der Waals surface area contributed by atoms with Crippen LogP contribution in [0.3, 0.4) is 0 Å². The second kappa shape index (κ2) is 6.81. The van der Waals surface area contributed by atoms with Gasteiger partial charge in [-0.2, -0.15) is 5.10 Å². The van der Waals surface area contributed by atoms with Crippen molar-refractivity contribution in [1.82, 2.24) is 20.1 Å². The first-order chi connectivity index (χ1) is 11.8. The zero-order valence-corrected chi connectivity index (χ0v) is 14.2. The molecule has 2 aromatic rings. The topological polar surface area (TPSA) is 61.9 Å². The number of aromatic amines is 1. The summed E-state index contributed by atoms with van der Waals surface area (Å²) in [7, 11) is 0. The summed E-state index contributed by atoms with van der Waals surface area (Å²) in [6.07, 6.45) is 12.7. The molecular formula is C18H20N4OS. The number of aromatic nitrogens is 3. The molecule has 2 atom stereocenters. The van der Waals surface area contributed by atoms with Crippen LogP contribution in [0.25, 0.3) is 4.91 Å². The summed E-state index contributed by atoms with van der Waals surface area (Å²) >= 11 is 1.74. The summed E-state index contributed by atoms with van der Waals surface area (Å²) in [5.41, 5.74) is 2.27. The fourth-order valence-electron chi connectivity index (χ4n) is 3.51. The zero-order chi connectivity index (χ0) is 16.4. The van der Waals surface area contributed by atoms with Crippen molar-refractivity contribution in [3.63, 3.8) is 0 Å². The van der Waals surface area contributed by atoms with Crippen LogP contribution < -0.4 is 0 Å². The number of hydrogen-bond acceptors (Lipinski definition) is 4. The van der Waals surface area contributed by atoms with Crippen LogP contribution in [0.4, 0.5) is 0 Å². The van der Waals surface area contributed by atoms with E-state index in [0.29, 0.717) is 0 Å². The molecule has 5 nitrogen and oxygen atoms in total. The van der Waals surface area contributed by atoms with Gasteiger partial charge in [0.1, 0.15) is 0 Å². The summed E-state index contributed by atoms with van der Waals surface area (Å²) < 4.78 is 0. The molecule has 0 bridgehead atoms. The van der Waals surface area contributed by atoms with E-state index < -0.39 is 0 Å². The number of carbonyl (C=O) groups excluding carboxylic acids is 1. The molecule has 1 amide bonds. The van der Waals surface area contributed by atoms with Crippen LogP contribution in [0, 0.1) is 5.92 Å². The molecular weight excluding hydrogens is 320 g/mol. The molecule has 2 aliphatic rings. The fraction of sp³-hybridized carbons (Fsp3) is 0.389. The van der Waals surface area contributed by atoms with Gasteiger partial charge in [-0.3, -0.25) is 14.9 Å². The van der Waals surface area contributed by atoms with Gasteiger partial charge < -0.3 is 4.90 Å². The number of hydrogen-bond donors (Lipinski definition) is 1. The molecule has 0 aliphatic carbocycles. The minimum Gasteiger partial charge on any atom is -0.335 e. The molecule has 2 unspecified atom stereocenters. The zero-order valence-electron chi connectivity index (χ0n) is 13.4. The SMILES string of the molecule is O=C(C1C=C(c2cn[nH]c2)SC1)N1CCCCC1c1ccncc1. The number of nitrogens with one attached hydrogen (secondary N) is 1. The van der Waals surface area contributed by atoms with Gasteiger partial charge in [0.25, 0.3) is 0 Å². The molecule has 124 valence electrons. The van der Waals surface area contributed by atoms with Crippen LogP contribution in [0.15, 0.2) is 43.0 Å². The smallest absolute Gasteiger partial charge is 0.230 e. The highest BCUT2D eigenvalue weighted by Gasteiger charge is 2.34. The lowest BCUT2D eigenvalue weighted by Crippen LogP contribution is -2.41. The van der Waals surface area contributed by atoms with E-state index >= 15 is 0 Å². The van der Waals surface area contributed by atoms with E-state index in [1.54, 1.807) is 11.8 Å². The molecule has 6 heteroatoms. The standard InChI is InChI=1S/C18H20N4OS/c23-18(14-9-17(24-12-14)15-10-20-21-11-15)22-8-2-1-3-16(22)13-4-6-19-7-5-13/h4-7,9-11,14,16H,1-3,8,12H2,(H,20,21). The van der Waals surface area contributed by atoms with E-state index in [1.807, 2.05) is 36.9 Å². The van der Waals surface area contributed by atoms with Crippen LogP contribution in [0.1, 0.15) is 36.4 Å². The first kappa shape index (κ1) is 15.4. The predicted molar refractivity (Wildman–Crippen MR) is 95.1 cm³/mol. The van der Waals surface area contributed by atoms with E-state index in [4.69, 9.17) is 0 Å². The maximum atomic E-state index is 13.1. The van der Waals surface area contributed by atoms with Crippen LogP contribution in [0.2, 0.25) is 0 Å². The van der Waals surface area contributed by atoms with Crippen molar-refractivity contribution in [2.45, 2.75) is 25.3 Å². The van der Waals surface area contributed by atoms with Gasteiger partial charge in [0, 0.05) is 41.4 Å². The predicted octanol–water partition coefficient (Wildman–Crippen LogP) is 3.26. The van der Waals surface area contributed by atoms with Gasteiger partial charge in [0.15, 0.2) is 0 Å². The average molecular weight is 340 g/mol. The second-order valence-electron chi connectivity index (χ2n) is 6.26. The van der Waals surface area contributed by atoms with E-state index in [0.717, 1.165) is 35.6 Å². The summed E-state index contributed by atoms with van der Waals surface area (Å²) in [6, 6.07) is 4.25. The van der Waals surface area contributed by atoms with Crippen molar-refractivity contribution >= 4 is 22.6 Å². The Hall–Kier alpha value is -2.08. The van der Waals surface area contributed by atoms with Gasteiger partial charge in [-0.25, -0.2) is 0 Å². The Morgan fingerprint density at radius 2 is 2.17 bits per heavy atom. The number of H-pyrrole nitrogens is 1. The lowest BCUT2D eigenvalue weighted by molar-refractivity contribution is -0.137. The van der Waals surface area contributed by atoms with Crippen LogP contribution in [-0.2, 0) is 4.79 Å². The van der Waals surface area contributed by atoms with Gasteiger partial charge in [0.2, 0.25) is 5.91 Å². The number of piperidine rings is 1. The lowest BCUT2D eigenvalue weighted by Gasteiger charge is -2.37. The number of amides is 1. The van der Waals surface area contributed by atoms with E-state index in [9.17, 15) is 4.79 Å². The Morgan fingerprint density at radius 1 is 1.29 bits per heavy atom. The molecule has 1 N–H and O–H groups in total. The summed E-state index contributed by atoms with van der Waals surface area (Å²) in [4.78, 5) is 20.5. The highest BCUT2D eigenvalue weighted by Crippen LogP contribution is 2.39. The quantitative estimate of drug-likeness (QED) is 0.931. The van der Waals surface area contributed by atoms with Crippen LogP contribution in [0.5, 0.6) is 0 Å². The minimum atomic E-state index is -0.0395. The molecule has 0 spiro atoms. The van der Waals surface area contributed by atoms with E-state index in [2.05, 4.69) is 26.2 Å². The normalized spacial score (nSPS) is 24.0. The van der Waals surface area contributed by atoms with Crippen molar-refractivity contribution in [3.05, 3.63) is 54.1 Å². The maximum absolute atomic E-state index is 13.1. The molecule has 0 radical (unpaired) electrons. The first-order valence-corrected chi connectivity index (χ1v) is 9.35. The number of thioether (sulfide) groups is 1. The van der Waals surface area contributed by atoms with Gasteiger partial charge in [-0.15, -0.1) is 11.8 Å². The van der Waals surface area contributed by atoms with Gasteiger partial charge in [-0.1, -0.05) is 6.08 Å². The number of pyridine rings is 1. The third kappa shape index (κ3) is 2.98. The molecule has 0 saturated carbocycles. The average Bonchev–Trinajstić information content (AvgIpc) is 3.33. The molecule has 4 heterocycles. The molecule has 1 fully saturated rings. The second-order valence-corrected chi connectivity index (χ2v) is 7.32. The van der Waals surface area contributed by atoms with Crippen molar-refractivity contribution in [3.8, 4) is 0 Å². The minimum absolute atomic E-state index is 0.0395. The third-order valence-electron chi connectivity index (χ3n) is 4.75. The highest BCUT2D eigenvalue weighted by atomic mass is 32.2. The molecule has 2 aromatic heterocycles. The Labute approximate surface area is 145 Å². The van der Waals surface area contributed by atoms with Crippen molar-refractivity contribution in [2.75, 3.05) is 12.3 Å². The number of nitrogens with zero attached hydrogens (tertiary/aromatic N) is 3. The Bertz CT molecular complexity index is 729. The molecule has 1 saturated heterocycles. The molecule has 24 heavy (non-hydrogen) atoms. The summed E-state index contributed by atoms with van der Waals surface area (Å²) in [5.74, 6) is 1.03. The monoisotopic (exact) mass is 340 g/mol. The summed E-state index contributed by atoms with van der Waals surface area (Å²) in [5, 5.41) is 6.83. The molecule has 0 aromatic carbocycles. The van der Waals surface area contributed by atoms with Crippen molar-refractivity contribution in [2.24, 2.45) is 5.92 Å². The Morgan fingerprint density at radius 3 is 2.96 bits per heavy atom. The van der Waals surface area contributed by atoms with Crippen molar-refractivity contribution in [1.29, 1.82) is 0 Å². The van der Waals surface area contributed by atoms with Crippen LogP contribution in [-0.4, -0.2) is 38.3 Å². The summed E-state index contributed by atoms with van der Waals surface area (Å²) in [6.45, 7) is 0.849. The van der Waals surface area contributed by atoms with Crippen LogP contribution >= 0.6 is 11.8 Å². The number of rotatable bonds is 3. The maximum Gasteiger partial charge on any atom is 0.230 e. The molecule has 2 aliphatic heterocycles. The number of carbonyl (C=O) groups is 1. The third-order valence-corrected chi connectivity index (χ3v) is 5.96.